The standard InChI is InChI=1S/C18H33N5O6/c1-8(2)13(17(27)23-14(9(3)4)18(28)29)22-16(26)11(6-7-12(20)24)21-15(25)10(5)19/h8-11,13-14H,6-7,19H2,1-5H3,(H2,20,24)(H,21,25)(H,22,26)(H,23,27)(H,28,29). The summed E-state index contributed by atoms with van der Waals surface area (Å²) in [4.78, 5) is 59.5. The minimum absolute atomic E-state index is 0.0736. The Hall–Kier alpha value is -2.69. The van der Waals surface area contributed by atoms with Gasteiger partial charge in [0.25, 0.3) is 0 Å². The molecule has 0 bridgehead atoms. The summed E-state index contributed by atoms with van der Waals surface area (Å²) < 4.78 is 0. The molecule has 0 saturated carbocycles. The lowest BCUT2D eigenvalue weighted by Gasteiger charge is -2.27. The van der Waals surface area contributed by atoms with Crippen LogP contribution in [0.4, 0.5) is 0 Å². The third-order valence-electron chi connectivity index (χ3n) is 4.20. The number of nitrogens with one attached hydrogen (secondary N) is 3. The third kappa shape index (κ3) is 9.37. The zero-order chi connectivity index (χ0) is 22.9. The number of hydrogen-bond acceptors (Lipinski definition) is 6. The van der Waals surface area contributed by atoms with Crippen LogP contribution in [0.3, 0.4) is 0 Å². The Morgan fingerprint density at radius 1 is 0.793 bits per heavy atom. The summed E-state index contributed by atoms with van der Waals surface area (Å²) in [5.41, 5.74) is 10.6. The van der Waals surface area contributed by atoms with Gasteiger partial charge in [0.05, 0.1) is 6.04 Å². The molecule has 0 spiro atoms. The Bertz CT molecular complexity index is 620. The molecule has 4 unspecified atom stereocenters. The third-order valence-corrected chi connectivity index (χ3v) is 4.20. The Balaban J connectivity index is 5.38. The van der Waals surface area contributed by atoms with Crippen LogP contribution in [0.25, 0.3) is 0 Å². The minimum atomic E-state index is -1.19. The van der Waals surface area contributed by atoms with Gasteiger partial charge in [-0.2, -0.15) is 0 Å². The van der Waals surface area contributed by atoms with Crippen molar-refractivity contribution in [3.8, 4) is 0 Å². The predicted molar refractivity (Wildman–Crippen MR) is 105 cm³/mol. The zero-order valence-electron chi connectivity index (χ0n) is 17.5. The van der Waals surface area contributed by atoms with E-state index < -0.39 is 53.8 Å². The number of carbonyl (C=O) groups is 5. The quantitative estimate of drug-likeness (QED) is 0.222. The maximum Gasteiger partial charge on any atom is 0.326 e. The number of carboxylic acids is 1. The smallest absolute Gasteiger partial charge is 0.326 e. The summed E-state index contributed by atoms with van der Waals surface area (Å²) in [6, 6.07) is -4.18. The van der Waals surface area contributed by atoms with E-state index in [1.54, 1.807) is 27.7 Å². The SMILES string of the molecule is CC(N)C(=O)NC(CCC(N)=O)C(=O)NC(C(=O)NC(C(=O)O)C(C)C)C(C)C. The summed E-state index contributed by atoms with van der Waals surface area (Å²) in [5.74, 6) is -4.56. The molecule has 0 fully saturated rings. The summed E-state index contributed by atoms with van der Waals surface area (Å²) in [7, 11) is 0. The van der Waals surface area contributed by atoms with E-state index in [1.807, 2.05) is 0 Å². The van der Waals surface area contributed by atoms with Crippen LogP contribution in [0.15, 0.2) is 0 Å². The first kappa shape index (κ1) is 26.3. The minimum Gasteiger partial charge on any atom is -0.480 e. The van der Waals surface area contributed by atoms with Gasteiger partial charge >= 0.3 is 5.97 Å². The van der Waals surface area contributed by atoms with Crippen LogP contribution in [-0.2, 0) is 24.0 Å². The number of amides is 4. The Morgan fingerprint density at radius 3 is 1.66 bits per heavy atom. The normalized spacial score (nSPS) is 15.2. The maximum absolute atomic E-state index is 12.7. The molecule has 0 radical (unpaired) electrons. The lowest BCUT2D eigenvalue weighted by molar-refractivity contribution is -0.143. The highest BCUT2D eigenvalue weighted by atomic mass is 16.4. The van der Waals surface area contributed by atoms with Crippen molar-refractivity contribution in [2.45, 2.75) is 71.6 Å². The van der Waals surface area contributed by atoms with E-state index >= 15 is 0 Å². The molecule has 0 aromatic carbocycles. The largest absolute Gasteiger partial charge is 0.480 e. The molecule has 0 rings (SSSR count). The van der Waals surface area contributed by atoms with Crippen molar-refractivity contribution in [1.82, 2.24) is 16.0 Å². The molecule has 0 aliphatic carbocycles. The number of nitrogens with two attached hydrogens (primary N) is 2. The van der Waals surface area contributed by atoms with Crippen LogP contribution in [0.1, 0.15) is 47.5 Å². The van der Waals surface area contributed by atoms with Gasteiger partial charge in [0.15, 0.2) is 0 Å². The van der Waals surface area contributed by atoms with Crippen molar-refractivity contribution < 1.29 is 29.1 Å². The topological polar surface area (TPSA) is 194 Å². The molecular weight excluding hydrogens is 382 g/mol. The lowest BCUT2D eigenvalue weighted by Crippen LogP contribution is -2.58. The van der Waals surface area contributed by atoms with Crippen LogP contribution in [0.5, 0.6) is 0 Å². The molecule has 11 nitrogen and oxygen atoms in total. The molecule has 0 saturated heterocycles. The van der Waals surface area contributed by atoms with Crippen LogP contribution in [0.2, 0.25) is 0 Å². The van der Waals surface area contributed by atoms with Gasteiger partial charge in [-0.1, -0.05) is 27.7 Å². The van der Waals surface area contributed by atoms with Gasteiger partial charge in [0.1, 0.15) is 18.1 Å². The summed E-state index contributed by atoms with van der Waals surface area (Å²) >= 11 is 0. The molecular formula is C18H33N5O6. The molecule has 8 N–H and O–H groups in total. The average Bonchev–Trinajstić information content (AvgIpc) is 2.59. The molecule has 0 heterocycles. The number of rotatable bonds is 12. The average molecular weight is 415 g/mol. The molecule has 0 aliphatic rings. The van der Waals surface area contributed by atoms with E-state index in [0.717, 1.165) is 0 Å². The van der Waals surface area contributed by atoms with Gasteiger partial charge in [0, 0.05) is 6.42 Å². The van der Waals surface area contributed by atoms with Gasteiger partial charge < -0.3 is 32.5 Å². The molecule has 4 atom stereocenters. The van der Waals surface area contributed by atoms with E-state index in [2.05, 4.69) is 16.0 Å². The summed E-state index contributed by atoms with van der Waals surface area (Å²) in [5, 5.41) is 16.6. The fourth-order valence-electron chi connectivity index (χ4n) is 2.40. The Morgan fingerprint density at radius 2 is 1.28 bits per heavy atom. The van der Waals surface area contributed by atoms with Crippen molar-refractivity contribution in [2.24, 2.45) is 23.3 Å². The first-order chi connectivity index (χ1) is 13.3. The molecule has 0 aliphatic heterocycles. The number of carbonyl (C=O) groups excluding carboxylic acids is 4. The lowest BCUT2D eigenvalue weighted by atomic mass is 9.99. The van der Waals surface area contributed by atoms with Gasteiger partial charge in [-0.25, -0.2) is 4.79 Å². The highest BCUT2D eigenvalue weighted by Crippen LogP contribution is 2.08. The summed E-state index contributed by atoms with van der Waals surface area (Å²) in [6.07, 6.45) is -0.236. The molecule has 166 valence electrons. The van der Waals surface area contributed by atoms with Gasteiger partial charge in [-0.3, -0.25) is 19.2 Å². The molecule has 0 aromatic rings. The number of carboxylic acid groups (broad SMARTS) is 1. The number of aliphatic carboxylic acids is 1. The van der Waals surface area contributed by atoms with E-state index in [1.165, 1.54) is 6.92 Å². The van der Waals surface area contributed by atoms with Gasteiger partial charge in [-0.15, -0.1) is 0 Å². The van der Waals surface area contributed by atoms with Gasteiger partial charge in [-0.05, 0) is 25.2 Å². The van der Waals surface area contributed by atoms with Crippen LogP contribution >= 0.6 is 0 Å². The maximum atomic E-state index is 12.7. The molecule has 4 amide bonds. The van der Waals surface area contributed by atoms with Gasteiger partial charge in [0.2, 0.25) is 23.6 Å². The van der Waals surface area contributed by atoms with Crippen molar-refractivity contribution in [3.05, 3.63) is 0 Å². The second-order valence-corrected chi connectivity index (χ2v) is 7.65. The number of hydrogen-bond donors (Lipinski definition) is 6. The van der Waals surface area contributed by atoms with E-state index in [0.29, 0.717) is 0 Å². The fraction of sp³-hybridized carbons (Fsp3) is 0.722. The van der Waals surface area contributed by atoms with Crippen LogP contribution in [0, 0.1) is 11.8 Å². The predicted octanol–water partition coefficient (Wildman–Crippen LogP) is -1.55. The zero-order valence-corrected chi connectivity index (χ0v) is 17.5. The van der Waals surface area contributed by atoms with Crippen molar-refractivity contribution >= 4 is 29.6 Å². The first-order valence-corrected chi connectivity index (χ1v) is 9.45. The second-order valence-electron chi connectivity index (χ2n) is 7.65. The molecule has 11 heteroatoms. The fourth-order valence-corrected chi connectivity index (χ4v) is 2.40. The van der Waals surface area contributed by atoms with E-state index in [-0.39, 0.29) is 24.7 Å². The Labute approximate surface area is 170 Å². The second kappa shape index (κ2) is 12.0. The molecule has 29 heavy (non-hydrogen) atoms. The van der Waals surface area contributed by atoms with Crippen LogP contribution in [-0.4, -0.2) is 58.9 Å². The molecule has 0 aromatic heterocycles. The van der Waals surface area contributed by atoms with Crippen LogP contribution < -0.4 is 27.4 Å². The Kier molecular flexibility index (Phi) is 10.9. The number of primary amides is 1. The van der Waals surface area contributed by atoms with Crippen molar-refractivity contribution in [1.29, 1.82) is 0 Å². The highest BCUT2D eigenvalue weighted by Gasteiger charge is 2.32. The first-order valence-electron chi connectivity index (χ1n) is 9.45. The summed E-state index contributed by atoms with van der Waals surface area (Å²) in [6.45, 7) is 8.07. The van der Waals surface area contributed by atoms with E-state index in [4.69, 9.17) is 11.5 Å². The monoisotopic (exact) mass is 415 g/mol. The highest BCUT2D eigenvalue weighted by molar-refractivity contribution is 5.94. The van der Waals surface area contributed by atoms with Crippen molar-refractivity contribution in [3.63, 3.8) is 0 Å². The van der Waals surface area contributed by atoms with E-state index in [9.17, 15) is 29.1 Å². The van der Waals surface area contributed by atoms with Crippen molar-refractivity contribution in [2.75, 3.05) is 0 Å².